The third-order valence-corrected chi connectivity index (χ3v) is 29.9. The van der Waals surface area contributed by atoms with Crippen LogP contribution in [-0.2, 0) is 71.4 Å². The van der Waals surface area contributed by atoms with E-state index in [1.54, 1.807) is 54.6 Å². The van der Waals surface area contributed by atoms with Gasteiger partial charge in [-0.25, -0.2) is 13.2 Å². The number of benzene rings is 14. The molecular weight excluding hydrogens is 1750 g/mol. The minimum atomic E-state index is -1.18. The fourth-order valence-corrected chi connectivity index (χ4v) is 20.5. The second-order valence-electron chi connectivity index (χ2n) is 53.1. The summed E-state index contributed by atoms with van der Waals surface area (Å²) in [7, 11) is 0. The Kier molecular flexibility index (Phi) is 25.9. The number of fused-ring (bicyclic) bond motifs is 12. The highest BCUT2D eigenvalue weighted by molar-refractivity contribution is 6.17. The normalized spacial score (nSPS) is 13.2. The molecule has 3 aromatic heterocycles. The fraction of sp³-hybridized carbons (Fsp3) is 0.363. The SMILES string of the molecule is CC(C)(C)c1ccc(-c2c(-n3c4ccc(C(C)(C)C)cc4c4cc(C(C)(C)C)ccc43)c(C#N)c(-n3c4ccc(C(C)(C)C)cc4c4cc(C(C)(C)C)ccc43)c(-c3ccc(C(C)(C)C)cc3)c2-n2c3ccc(C(C)(C)C)cc3c3cc(C(C)(C)C)ccc32)cc1.CC(C)(C)c1ccc(-c2c(F)c(C#N)c(F)c(-c3ccc(C(C)(C)C)cc3)c2F)cc1.CC(C)(C)c1ccc2c(c1)-c1cc(C(C)(C)C)ccc1C2. The van der Waals surface area contributed by atoms with Crippen molar-refractivity contribution in [3.63, 3.8) is 0 Å². The lowest BCUT2D eigenvalue weighted by molar-refractivity contribution is 0.547. The predicted molar refractivity (Wildman–Crippen MR) is 606 cm³/mol. The zero-order chi connectivity index (χ0) is 105. The number of aromatic nitrogens is 3. The van der Waals surface area contributed by atoms with E-state index in [4.69, 9.17) is 0 Å². The Morgan fingerprint density at radius 2 is 0.371 bits per heavy atom. The van der Waals surface area contributed by atoms with Gasteiger partial charge in [0, 0.05) is 43.4 Å². The van der Waals surface area contributed by atoms with Gasteiger partial charge in [-0.2, -0.15) is 10.5 Å². The van der Waals surface area contributed by atoms with Gasteiger partial charge in [-0.05, 0) is 255 Å². The Bertz CT molecular complexity index is 7390. The van der Waals surface area contributed by atoms with Crippen LogP contribution in [0.1, 0.15) is 338 Å². The van der Waals surface area contributed by atoms with E-state index in [1.807, 2.05) is 41.5 Å². The minimum Gasteiger partial charge on any atom is -0.308 e. The molecule has 8 heteroatoms. The Labute approximate surface area is 851 Å². The monoisotopic (exact) mass is 1900 g/mol. The lowest BCUT2D eigenvalue weighted by Crippen LogP contribution is -2.15. The van der Waals surface area contributed by atoms with Crippen LogP contribution in [0.2, 0.25) is 0 Å². The summed E-state index contributed by atoms with van der Waals surface area (Å²) in [5, 5.41) is 29.7. The first-order valence-electron chi connectivity index (χ1n) is 51.4. The average Bonchev–Trinajstić information content (AvgIpc) is 1.41. The molecule has 0 fully saturated rings. The van der Waals surface area contributed by atoms with Crippen LogP contribution in [-0.4, -0.2) is 13.7 Å². The molecule has 143 heavy (non-hydrogen) atoms. The van der Waals surface area contributed by atoms with Crippen molar-refractivity contribution in [2.75, 3.05) is 0 Å². The van der Waals surface area contributed by atoms with Crippen LogP contribution in [0.15, 0.2) is 243 Å². The molecule has 17 aromatic rings. The Morgan fingerprint density at radius 3 is 0.566 bits per heavy atom. The molecule has 0 amide bonds. The van der Waals surface area contributed by atoms with Crippen LogP contribution < -0.4 is 0 Å². The first-order chi connectivity index (χ1) is 66.2. The van der Waals surface area contributed by atoms with Crippen LogP contribution in [0.4, 0.5) is 13.2 Å². The largest absolute Gasteiger partial charge is 0.308 e. The third-order valence-electron chi connectivity index (χ3n) is 29.9. The molecule has 0 unspecified atom stereocenters. The molecule has 0 bridgehead atoms. The fourth-order valence-electron chi connectivity index (χ4n) is 20.5. The van der Waals surface area contributed by atoms with E-state index < -0.39 is 34.1 Å². The summed E-state index contributed by atoms with van der Waals surface area (Å²) in [6.07, 6.45) is 1.08. The summed E-state index contributed by atoms with van der Waals surface area (Å²) in [6.45, 7) is 81.5. The topological polar surface area (TPSA) is 62.4 Å². The first kappa shape index (κ1) is 103. The van der Waals surface area contributed by atoms with Gasteiger partial charge in [0.05, 0.1) is 61.3 Å². The van der Waals surface area contributed by atoms with Gasteiger partial charge in [0.25, 0.3) is 0 Å². The maximum atomic E-state index is 15.6. The molecule has 0 saturated heterocycles. The number of halogens is 3. The van der Waals surface area contributed by atoms with Crippen molar-refractivity contribution in [1.82, 2.24) is 13.7 Å². The smallest absolute Gasteiger partial charge is 0.154 e. The van der Waals surface area contributed by atoms with Gasteiger partial charge in [0.2, 0.25) is 0 Å². The Hall–Kier alpha value is -12.8. The van der Waals surface area contributed by atoms with E-state index in [-0.39, 0.29) is 76.1 Å². The zero-order valence-corrected chi connectivity index (χ0v) is 92.2. The molecule has 14 aromatic carbocycles. The second kappa shape index (κ2) is 35.9. The van der Waals surface area contributed by atoms with E-state index in [2.05, 4.69) is 422 Å². The standard InChI is InChI=1S/C87H98N4.C27H26F3N.C21H26/c1-80(2,3)54-29-25-52(26-30-54)75-77(89-69-39-33-56(82(7,8)9)45-62(69)63-46-57(83(10,11)12)34-40-70(63)89)68(51-88)78(90-71-41-35-58(84(13,14)15)47-64(71)65-48-59(85(16,17)18)36-42-72(65)90)76(53-27-31-55(32-28-53)81(4,5)6)79(75)91-73-43-37-60(86(19,20)21)49-66(73)67-50-61(87(22,23)24)38-44-74(67)91;1-26(2,3)18-11-7-16(8-12-18)21-23(28)20(15-31)24(29)22(25(21)30)17-9-13-19(14-10-17)27(4,5)6;1-20(2,3)16-9-7-14-11-15-8-10-17(21(4,5)6)13-19(15)18(14)12-16/h25-50H,1-24H3;7-14H,1-6H3;7-10,12-13H,11H2,1-6H3. The molecule has 0 atom stereocenters. The van der Waals surface area contributed by atoms with Gasteiger partial charge >= 0.3 is 0 Å². The van der Waals surface area contributed by atoms with Gasteiger partial charge in [-0.15, -0.1) is 0 Å². The van der Waals surface area contributed by atoms with Crippen molar-refractivity contribution < 1.29 is 13.2 Å². The van der Waals surface area contributed by atoms with E-state index in [1.165, 1.54) is 110 Å². The third kappa shape index (κ3) is 19.5. The molecule has 1 aliphatic rings. The molecule has 3 heterocycles. The summed E-state index contributed by atoms with van der Waals surface area (Å²) in [5.74, 6) is -3.38. The summed E-state index contributed by atoms with van der Waals surface area (Å²) < 4.78 is 53.2. The van der Waals surface area contributed by atoms with Crippen molar-refractivity contribution in [3.8, 4) is 84.8 Å². The van der Waals surface area contributed by atoms with Crippen LogP contribution in [0, 0.1) is 40.1 Å². The van der Waals surface area contributed by atoms with Gasteiger partial charge < -0.3 is 13.7 Å². The molecule has 0 N–H and O–H groups in total. The minimum absolute atomic E-state index is 0.118. The number of hydrogen-bond acceptors (Lipinski definition) is 2. The quantitative estimate of drug-likeness (QED) is 0.160. The van der Waals surface area contributed by atoms with Gasteiger partial charge in [0.1, 0.15) is 29.1 Å². The van der Waals surface area contributed by atoms with E-state index >= 15 is 13.2 Å². The molecule has 736 valence electrons. The van der Waals surface area contributed by atoms with Gasteiger partial charge in [0.15, 0.2) is 11.6 Å². The molecular formula is C135H150F3N5. The van der Waals surface area contributed by atoms with Gasteiger partial charge in [-0.3, -0.25) is 0 Å². The molecule has 0 spiro atoms. The number of rotatable bonds is 7. The van der Waals surface area contributed by atoms with Crippen molar-refractivity contribution >= 4 is 65.4 Å². The molecule has 0 radical (unpaired) electrons. The molecule has 0 aliphatic heterocycles. The van der Waals surface area contributed by atoms with E-state index in [9.17, 15) is 10.5 Å². The van der Waals surface area contributed by atoms with Crippen LogP contribution in [0.25, 0.3) is 138 Å². The van der Waals surface area contributed by atoms with E-state index in [0.717, 1.165) is 90.0 Å². The maximum absolute atomic E-state index is 15.6. The van der Waals surface area contributed by atoms with Crippen molar-refractivity contribution in [2.45, 2.75) is 321 Å². The molecule has 1 aliphatic carbocycles. The lowest BCUT2D eigenvalue weighted by Gasteiger charge is -2.29. The van der Waals surface area contributed by atoms with E-state index in [0.29, 0.717) is 5.56 Å². The summed E-state index contributed by atoms with van der Waals surface area (Å²) in [5.41, 5.74) is 32.7. The van der Waals surface area contributed by atoms with Crippen LogP contribution in [0.3, 0.4) is 0 Å². The van der Waals surface area contributed by atoms with Crippen LogP contribution in [0.5, 0.6) is 0 Å². The lowest BCUT2D eigenvalue weighted by atomic mass is 9.83. The molecule has 0 saturated carbocycles. The van der Waals surface area contributed by atoms with Crippen molar-refractivity contribution in [2.24, 2.45) is 0 Å². The highest BCUT2D eigenvalue weighted by Crippen LogP contribution is 2.56. The zero-order valence-electron chi connectivity index (χ0n) is 92.2. The highest BCUT2D eigenvalue weighted by atomic mass is 19.1. The predicted octanol–water partition coefficient (Wildman–Crippen LogP) is 38.3. The number of nitrogens with zero attached hydrogens (tertiary/aromatic N) is 5. The molecule has 18 rings (SSSR count). The van der Waals surface area contributed by atoms with Crippen LogP contribution >= 0.6 is 0 Å². The van der Waals surface area contributed by atoms with Crippen molar-refractivity contribution in [1.29, 1.82) is 10.5 Å². The maximum Gasteiger partial charge on any atom is 0.154 e. The average molecular weight is 1900 g/mol. The Morgan fingerprint density at radius 1 is 0.196 bits per heavy atom. The second-order valence-corrected chi connectivity index (χ2v) is 53.1. The number of nitriles is 2. The molecule has 5 nitrogen and oxygen atoms in total. The summed E-state index contributed by atoms with van der Waals surface area (Å²) in [4.78, 5) is 0. The van der Waals surface area contributed by atoms with Crippen molar-refractivity contribution in [3.05, 3.63) is 349 Å². The van der Waals surface area contributed by atoms with Gasteiger partial charge in [-0.1, -0.05) is 419 Å². The Balaban J connectivity index is 0.000000227. The summed E-state index contributed by atoms with van der Waals surface area (Å²) >= 11 is 0. The highest BCUT2D eigenvalue weighted by Gasteiger charge is 2.39. The summed E-state index contributed by atoms with van der Waals surface area (Å²) in [6, 6.07) is 94.1. The first-order valence-corrected chi connectivity index (χ1v) is 51.4. The number of hydrogen-bond donors (Lipinski definition) is 0.